The Labute approximate surface area is 204 Å². The summed E-state index contributed by atoms with van der Waals surface area (Å²) in [5.74, 6) is 0.305. The van der Waals surface area contributed by atoms with Gasteiger partial charge in [0.15, 0.2) is 0 Å². The van der Waals surface area contributed by atoms with Crippen molar-refractivity contribution >= 4 is 44.2 Å². The minimum absolute atomic E-state index is 0.0568. The first-order valence-corrected chi connectivity index (χ1v) is 13.2. The summed E-state index contributed by atoms with van der Waals surface area (Å²) in [4.78, 5) is 13.7. The fourth-order valence-electron chi connectivity index (χ4n) is 4.45. The smallest absolute Gasteiger partial charge is 0.272 e. The van der Waals surface area contributed by atoms with Gasteiger partial charge in [-0.15, -0.1) is 0 Å². The number of benzene rings is 3. The maximum absolute atomic E-state index is 13.8. The first kappa shape index (κ1) is 22.7. The third-order valence-corrected chi connectivity index (χ3v) is 8.30. The summed E-state index contributed by atoms with van der Waals surface area (Å²) in [6.45, 7) is 2.00. The molecule has 0 radical (unpaired) electrons. The van der Waals surface area contributed by atoms with Crippen LogP contribution in [0.5, 0.6) is 0 Å². The second-order valence-corrected chi connectivity index (χ2v) is 10.7. The quantitative estimate of drug-likeness (QED) is 0.315. The molecule has 1 aliphatic carbocycles. The number of furan rings is 1. The van der Waals surface area contributed by atoms with Crippen molar-refractivity contribution in [3.8, 4) is 0 Å². The highest BCUT2D eigenvalue weighted by molar-refractivity contribution is 7.93. The predicted molar refractivity (Wildman–Crippen MR) is 134 cm³/mol. The minimum Gasteiger partial charge on any atom is -0.461 e. The molecule has 1 aliphatic rings. The maximum atomic E-state index is 13.8. The van der Waals surface area contributed by atoms with Gasteiger partial charge in [-0.25, -0.2) is 8.42 Å². The van der Waals surface area contributed by atoms with Gasteiger partial charge in [-0.3, -0.25) is 4.79 Å². The molecule has 0 bridgehead atoms. The molecule has 7 heteroatoms. The summed E-state index contributed by atoms with van der Waals surface area (Å²) in [5, 5.41) is 1.32. The number of hydrogen-bond acceptors (Lipinski definition) is 4. The normalized spacial score (nSPS) is 13.6. The van der Waals surface area contributed by atoms with Gasteiger partial charge in [0.25, 0.3) is 15.9 Å². The number of rotatable bonds is 5. The van der Waals surface area contributed by atoms with E-state index in [9.17, 15) is 13.2 Å². The largest absolute Gasteiger partial charge is 0.461 e. The Kier molecular flexibility index (Phi) is 5.96. The van der Waals surface area contributed by atoms with Crippen molar-refractivity contribution in [2.75, 3.05) is 4.31 Å². The van der Waals surface area contributed by atoms with Crippen LogP contribution in [0.15, 0.2) is 76.0 Å². The molecule has 1 heterocycles. The molecule has 34 heavy (non-hydrogen) atoms. The molecule has 1 aromatic heterocycles. The third kappa shape index (κ3) is 4.01. The van der Waals surface area contributed by atoms with Gasteiger partial charge in [-0.1, -0.05) is 30.7 Å². The molecule has 3 aromatic carbocycles. The Bertz CT molecular complexity index is 1470. The highest BCUT2D eigenvalue weighted by atomic mass is 35.5. The molecule has 0 N–H and O–H groups in total. The van der Waals surface area contributed by atoms with Crippen LogP contribution in [0.3, 0.4) is 0 Å². The lowest BCUT2D eigenvalue weighted by atomic mass is 9.96. The average Bonchev–Trinajstić information content (AvgIpc) is 3.22. The average molecular weight is 494 g/mol. The molecular formula is C27H24ClNO4S. The van der Waals surface area contributed by atoms with Gasteiger partial charge in [-0.2, -0.15) is 4.31 Å². The van der Waals surface area contributed by atoms with Crippen LogP contribution in [0.2, 0.25) is 5.02 Å². The van der Waals surface area contributed by atoms with Crippen LogP contribution in [0, 0.1) is 0 Å². The zero-order valence-electron chi connectivity index (χ0n) is 18.8. The van der Waals surface area contributed by atoms with Crippen molar-refractivity contribution < 1.29 is 17.6 Å². The van der Waals surface area contributed by atoms with E-state index in [1.54, 1.807) is 54.6 Å². The number of carbonyl (C=O) groups is 1. The molecule has 0 unspecified atom stereocenters. The molecule has 174 valence electrons. The second-order valence-electron chi connectivity index (χ2n) is 8.47. The monoisotopic (exact) mass is 493 g/mol. The van der Waals surface area contributed by atoms with Crippen molar-refractivity contribution in [3.05, 3.63) is 94.2 Å². The molecule has 1 amide bonds. The Balaban J connectivity index is 1.67. The van der Waals surface area contributed by atoms with E-state index in [1.165, 1.54) is 12.1 Å². The Morgan fingerprint density at radius 2 is 1.68 bits per heavy atom. The van der Waals surface area contributed by atoms with Crippen LogP contribution >= 0.6 is 11.6 Å². The van der Waals surface area contributed by atoms with E-state index in [1.807, 2.05) is 6.92 Å². The third-order valence-electron chi connectivity index (χ3n) is 6.32. The van der Waals surface area contributed by atoms with Gasteiger partial charge in [0, 0.05) is 28.0 Å². The van der Waals surface area contributed by atoms with Crippen molar-refractivity contribution in [1.82, 2.24) is 0 Å². The van der Waals surface area contributed by atoms with Crippen molar-refractivity contribution in [2.24, 2.45) is 0 Å². The van der Waals surface area contributed by atoms with E-state index in [0.29, 0.717) is 10.6 Å². The first-order valence-electron chi connectivity index (χ1n) is 11.4. The van der Waals surface area contributed by atoms with Crippen molar-refractivity contribution in [2.45, 2.75) is 43.9 Å². The summed E-state index contributed by atoms with van der Waals surface area (Å²) in [5.41, 5.74) is 3.33. The number of anilines is 1. The molecule has 5 nitrogen and oxygen atoms in total. The Morgan fingerprint density at radius 1 is 0.971 bits per heavy atom. The fourth-order valence-corrected chi connectivity index (χ4v) is 5.99. The number of hydrogen-bond donors (Lipinski definition) is 0. The molecule has 0 saturated heterocycles. The van der Waals surface area contributed by atoms with E-state index < -0.39 is 15.9 Å². The van der Waals surface area contributed by atoms with E-state index in [4.69, 9.17) is 16.0 Å². The van der Waals surface area contributed by atoms with Crippen LogP contribution in [-0.4, -0.2) is 14.3 Å². The lowest BCUT2D eigenvalue weighted by molar-refractivity contribution is 0.101. The highest BCUT2D eigenvalue weighted by Crippen LogP contribution is 2.36. The summed E-state index contributed by atoms with van der Waals surface area (Å²) < 4.78 is 34.6. The van der Waals surface area contributed by atoms with Gasteiger partial charge < -0.3 is 4.42 Å². The lowest BCUT2D eigenvalue weighted by Crippen LogP contribution is -2.37. The van der Waals surface area contributed by atoms with Crippen LogP contribution in [0.1, 0.15) is 47.0 Å². The molecule has 0 spiro atoms. The van der Waals surface area contributed by atoms with Crippen molar-refractivity contribution in [1.29, 1.82) is 0 Å². The van der Waals surface area contributed by atoms with E-state index in [-0.39, 0.29) is 16.1 Å². The number of halogens is 1. The van der Waals surface area contributed by atoms with Crippen LogP contribution < -0.4 is 4.31 Å². The van der Waals surface area contributed by atoms with Crippen molar-refractivity contribution in [3.63, 3.8) is 0 Å². The second kappa shape index (κ2) is 8.93. The molecule has 0 saturated carbocycles. The SMILES string of the molecule is CCc1ccc(S(=O)(=O)N(C(=O)c2ccc(Cl)cc2)c2ccc3oc4c(c3c2)CCCC4)cc1. The highest BCUT2D eigenvalue weighted by Gasteiger charge is 2.33. The Morgan fingerprint density at radius 3 is 2.38 bits per heavy atom. The van der Waals surface area contributed by atoms with Gasteiger partial charge >= 0.3 is 0 Å². The lowest BCUT2D eigenvalue weighted by Gasteiger charge is -2.23. The summed E-state index contributed by atoms with van der Waals surface area (Å²) in [7, 11) is -4.19. The Hall–Kier alpha value is -3.09. The maximum Gasteiger partial charge on any atom is 0.272 e. The van der Waals surface area contributed by atoms with Gasteiger partial charge in [0.2, 0.25) is 0 Å². The summed E-state index contributed by atoms with van der Waals surface area (Å²) in [6, 6.07) is 18.0. The van der Waals surface area contributed by atoms with E-state index in [2.05, 4.69) is 0 Å². The van der Waals surface area contributed by atoms with Gasteiger partial charge in [0.05, 0.1) is 10.6 Å². The van der Waals surface area contributed by atoms with Crippen LogP contribution in [0.4, 0.5) is 5.69 Å². The number of carbonyl (C=O) groups excluding carboxylic acids is 1. The fraction of sp³-hybridized carbons (Fsp3) is 0.222. The zero-order valence-corrected chi connectivity index (χ0v) is 20.3. The molecule has 5 rings (SSSR count). The molecule has 0 atom stereocenters. The van der Waals surface area contributed by atoms with Gasteiger partial charge in [-0.05, 0) is 85.8 Å². The topological polar surface area (TPSA) is 67.6 Å². The van der Waals surface area contributed by atoms with Crippen LogP contribution in [0.25, 0.3) is 11.0 Å². The number of sulfonamides is 1. The van der Waals surface area contributed by atoms with E-state index in [0.717, 1.165) is 58.7 Å². The molecule has 4 aromatic rings. The number of aryl methyl sites for hydroxylation is 3. The standard InChI is InChI=1S/C27H24ClNO4S/c1-2-18-7-14-22(15-8-18)34(31,32)29(27(30)19-9-11-20(28)12-10-19)21-13-16-26-24(17-21)23-5-3-4-6-25(23)33-26/h7-17H,2-6H2,1H3. The van der Waals surface area contributed by atoms with Gasteiger partial charge in [0.1, 0.15) is 11.3 Å². The van der Waals surface area contributed by atoms with E-state index >= 15 is 0 Å². The number of amides is 1. The molecule has 0 fully saturated rings. The summed E-state index contributed by atoms with van der Waals surface area (Å²) in [6.07, 6.45) is 4.66. The predicted octanol–water partition coefficient (Wildman–Crippen LogP) is 6.56. The molecule has 0 aliphatic heterocycles. The minimum atomic E-state index is -4.19. The van der Waals surface area contributed by atoms with Crippen LogP contribution in [-0.2, 0) is 29.3 Å². The number of fused-ring (bicyclic) bond motifs is 3. The summed E-state index contributed by atoms with van der Waals surface area (Å²) >= 11 is 5.99. The first-order chi connectivity index (χ1) is 16.4. The molecular weight excluding hydrogens is 470 g/mol. The number of nitrogens with zero attached hydrogens (tertiary/aromatic N) is 1. The zero-order chi connectivity index (χ0) is 23.9.